The zero-order valence-electron chi connectivity index (χ0n) is 11.6. The topological polar surface area (TPSA) is 62.2 Å². The van der Waals surface area contributed by atoms with E-state index in [-0.39, 0.29) is 18.6 Å². The number of aliphatic hydroxyl groups is 1. The van der Waals surface area contributed by atoms with Crippen molar-refractivity contribution < 1.29 is 9.90 Å². The number of nitrogens with one attached hydrogen (secondary N) is 1. The van der Waals surface area contributed by atoms with E-state index in [4.69, 9.17) is 5.11 Å². The molecule has 0 aliphatic rings. The molecule has 0 radical (unpaired) electrons. The van der Waals surface area contributed by atoms with Gasteiger partial charge in [0.2, 0.25) is 0 Å². The van der Waals surface area contributed by atoms with Crippen molar-refractivity contribution in [1.29, 1.82) is 0 Å². The minimum atomic E-state index is -0.125. The first-order chi connectivity index (χ1) is 10.3. The monoisotopic (exact) mass is 320 g/mol. The van der Waals surface area contributed by atoms with Gasteiger partial charge in [0.05, 0.1) is 12.6 Å². The van der Waals surface area contributed by atoms with Gasteiger partial charge in [-0.15, -0.1) is 22.7 Å². The number of rotatable bonds is 5. The standard InChI is InChI=1S/C15H16N2O2S2/c1-2-12(15-16-7-10-21-15)17-14(19)13-11(6-9-20-13)5-3-4-8-18/h6-7,9-10,12,18H,2,4,8H2,1H3,(H,17,19). The maximum atomic E-state index is 12.4. The highest BCUT2D eigenvalue weighted by molar-refractivity contribution is 7.12. The molecule has 2 aromatic heterocycles. The van der Waals surface area contributed by atoms with E-state index in [9.17, 15) is 4.79 Å². The molecule has 1 unspecified atom stereocenters. The fourth-order valence-electron chi connectivity index (χ4n) is 1.77. The van der Waals surface area contributed by atoms with Gasteiger partial charge in [0.1, 0.15) is 9.88 Å². The van der Waals surface area contributed by atoms with Crippen LogP contribution in [0.25, 0.3) is 0 Å². The van der Waals surface area contributed by atoms with Gasteiger partial charge in [-0.25, -0.2) is 4.98 Å². The molecule has 0 saturated carbocycles. The Hall–Kier alpha value is -1.68. The predicted molar refractivity (Wildman–Crippen MR) is 85.5 cm³/mol. The molecule has 0 aliphatic heterocycles. The van der Waals surface area contributed by atoms with Crippen LogP contribution >= 0.6 is 22.7 Å². The van der Waals surface area contributed by atoms with E-state index in [2.05, 4.69) is 22.1 Å². The van der Waals surface area contributed by atoms with Crippen molar-refractivity contribution in [3.05, 3.63) is 38.5 Å². The van der Waals surface area contributed by atoms with E-state index in [1.165, 1.54) is 22.7 Å². The maximum Gasteiger partial charge on any atom is 0.263 e. The molecule has 0 aromatic carbocycles. The third-order valence-corrected chi connectivity index (χ3v) is 4.60. The van der Waals surface area contributed by atoms with Gasteiger partial charge in [-0.3, -0.25) is 4.79 Å². The van der Waals surface area contributed by atoms with Crippen LogP contribution in [-0.2, 0) is 0 Å². The molecule has 0 aliphatic carbocycles. The Kier molecular flexibility index (Phi) is 5.93. The Bertz CT molecular complexity index is 638. The number of amides is 1. The Morgan fingerprint density at radius 3 is 3.00 bits per heavy atom. The van der Waals surface area contributed by atoms with Crippen molar-refractivity contribution in [2.24, 2.45) is 0 Å². The summed E-state index contributed by atoms with van der Waals surface area (Å²) in [5.74, 6) is 5.65. The quantitative estimate of drug-likeness (QED) is 0.833. The van der Waals surface area contributed by atoms with Crippen LogP contribution in [0.4, 0.5) is 0 Å². The van der Waals surface area contributed by atoms with E-state index >= 15 is 0 Å². The van der Waals surface area contributed by atoms with Crippen molar-refractivity contribution in [1.82, 2.24) is 10.3 Å². The molecule has 6 heteroatoms. The van der Waals surface area contributed by atoms with E-state index in [0.717, 1.165) is 11.4 Å². The molecule has 1 atom stereocenters. The molecule has 0 bridgehead atoms. The van der Waals surface area contributed by atoms with Gasteiger partial charge in [-0.05, 0) is 17.9 Å². The molecule has 2 heterocycles. The smallest absolute Gasteiger partial charge is 0.263 e. The Morgan fingerprint density at radius 1 is 1.48 bits per heavy atom. The van der Waals surface area contributed by atoms with Crippen LogP contribution in [0, 0.1) is 11.8 Å². The normalized spacial score (nSPS) is 11.5. The maximum absolute atomic E-state index is 12.4. The van der Waals surface area contributed by atoms with Gasteiger partial charge >= 0.3 is 0 Å². The van der Waals surface area contributed by atoms with Crippen molar-refractivity contribution in [2.75, 3.05) is 6.61 Å². The fraction of sp³-hybridized carbons (Fsp3) is 0.333. The second-order valence-electron chi connectivity index (χ2n) is 4.24. The lowest BCUT2D eigenvalue weighted by Gasteiger charge is -2.13. The van der Waals surface area contributed by atoms with E-state index in [1.807, 2.05) is 23.8 Å². The first-order valence-electron chi connectivity index (χ1n) is 6.63. The summed E-state index contributed by atoms with van der Waals surface area (Å²) in [6.45, 7) is 2.04. The number of carbonyl (C=O) groups excluding carboxylic acids is 1. The van der Waals surface area contributed by atoms with Crippen LogP contribution in [0.3, 0.4) is 0 Å². The number of aromatic nitrogens is 1. The van der Waals surface area contributed by atoms with Crippen LogP contribution in [0.15, 0.2) is 23.0 Å². The summed E-state index contributed by atoms with van der Waals surface area (Å²) in [7, 11) is 0. The number of aliphatic hydroxyl groups excluding tert-OH is 1. The van der Waals surface area contributed by atoms with Gasteiger partial charge in [-0.2, -0.15) is 0 Å². The van der Waals surface area contributed by atoms with E-state index in [1.54, 1.807) is 6.20 Å². The summed E-state index contributed by atoms with van der Waals surface area (Å²) in [6, 6.07) is 1.76. The highest BCUT2D eigenvalue weighted by atomic mass is 32.1. The summed E-state index contributed by atoms with van der Waals surface area (Å²) < 4.78 is 0. The summed E-state index contributed by atoms with van der Waals surface area (Å²) in [6.07, 6.45) is 2.94. The molecular formula is C15H16N2O2S2. The number of hydrogen-bond donors (Lipinski definition) is 2. The summed E-state index contributed by atoms with van der Waals surface area (Å²) in [5.41, 5.74) is 0.708. The van der Waals surface area contributed by atoms with Crippen molar-refractivity contribution in [2.45, 2.75) is 25.8 Å². The number of thiazole rings is 1. The molecule has 1 amide bonds. The molecule has 2 aromatic rings. The SMILES string of the molecule is CCC(NC(=O)c1sccc1C#CCCO)c1nccs1. The largest absolute Gasteiger partial charge is 0.395 e. The van der Waals surface area contributed by atoms with Crippen molar-refractivity contribution >= 4 is 28.6 Å². The lowest BCUT2D eigenvalue weighted by Crippen LogP contribution is -2.27. The molecule has 0 saturated heterocycles. The molecule has 0 spiro atoms. The molecule has 21 heavy (non-hydrogen) atoms. The molecule has 2 N–H and O–H groups in total. The van der Waals surface area contributed by atoms with Gasteiger partial charge in [-0.1, -0.05) is 18.8 Å². The lowest BCUT2D eigenvalue weighted by molar-refractivity contribution is 0.0939. The fourth-order valence-corrected chi connectivity index (χ4v) is 3.29. The molecule has 4 nitrogen and oxygen atoms in total. The minimum absolute atomic E-state index is 0.0284. The number of carbonyl (C=O) groups is 1. The third kappa shape index (κ3) is 4.14. The highest BCUT2D eigenvalue weighted by Crippen LogP contribution is 2.21. The van der Waals surface area contributed by atoms with Gasteiger partial charge in [0, 0.05) is 23.6 Å². The van der Waals surface area contributed by atoms with Crippen molar-refractivity contribution in [3.8, 4) is 11.8 Å². The molecular weight excluding hydrogens is 304 g/mol. The van der Waals surface area contributed by atoms with Gasteiger partial charge in [0.25, 0.3) is 5.91 Å². The van der Waals surface area contributed by atoms with Crippen LogP contribution in [0.2, 0.25) is 0 Å². The van der Waals surface area contributed by atoms with Gasteiger partial charge < -0.3 is 10.4 Å². The summed E-state index contributed by atoms with van der Waals surface area (Å²) in [4.78, 5) is 17.2. The van der Waals surface area contributed by atoms with Crippen LogP contribution in [-0.4, -0.2) is 22.6 Å². The average Bonchev–Trinajstić information content (AvgIpc) is 3.16. The highest BCUT2D eigenvalue weighted by Gasteiger charge is 2.18. The third-order valence-electron chi connectivity index (χ3n) is 2.79. The van der Waals surface area contributed by atoms with Crippen LogP contribution < -0.4 is 5.32 Å². The first-order valence-corrected chi connectivity index (χ1v) is 8.39. The first kappa shape index (κ1) is 15.7. The second-order valence-corrected chi connectivity index (χ2v) is 6.09. The zero-order chi connectivity index (χ0) is 15.1. The molecule has 110 valence electrons. The number of hydrogen-bond acceptors (Lipinski definition) is 5. The van der Waals surface area contributed by atoms with Crippen LogP contribution in [0.5, 0.6) is 0 Å². The van der Waals surface area contributed by atoms with Crippen molar-refractivity contribution in [3.63, 3.8) is 0 Å². The number of nitrogens with zero attached hydrogens (tertiary/aromatic N) is 1. The predicted octanol–water partition coefficient (Wildman–Crippen LogP) is 2.82. The summed E-state index contributed by atoms with van der Waals surface area (Å²) in [5, 5.41) is 16.4. The lowest BCUT2D eigenvalue weighted by atomic mass is 10.2. The zero-order valence-corrected chi connectivity index (χ0v) is 13.3. The Morgan fingerprint density at radius 2 is 2.33 bits per heavy atom. The second kappa shape index (κ2) is 7.93. The number of thiophene rings is 1. The van der Waals surface area contributed by atoms with E-state index in [0.29, 0.717) is 16.9 Å². The summed E-state index contributed by atoms with van der Waals surface area (Å²) >= 11 is 2.91. The molecule has 2 rings (SSSR count). The molecule has 0 fully saturated rings. The average molecular weight is 320 g/mol. The van der Waals surface area contributed by atoms with Crippen LogP contribution in [0.1, 0.15) is 46.0 Å². The Balaban J connectivity index is 2.10. The van der Waals surface area contributed by atoms with Gasteiger partial charge in [0.15, 0.2) is 0 Å². The Labute approximate surface area is 131 Å². The minimum Gasteiger partial charge on any atom is -0.395 e. The van der Waals surface area contributed by atoms with E-state index < -0.39 is 0 Å².